The van der Waals surface area contributed by atoms with Gasteiger partial charge >= 0.3 is 5.97 Å². The third-order valence-corrected chi connectivity index (χ3v) is 5.26. The van der Waals surface area contributed by atoms with Crippen molar-refractivity contribution in [3.05, 3.63) is 35.2 Å². The van der Waals surface area contributed by atoms with Crippen LogP contribution < -0.4 is 5.32 Å². The summed E-state index contributed by atoms with van der Waals surface area (Å²) in [7, 11) is 1.50. The zero-order valence-electron chi connectivity index (χ0n) is 10.6. The van der Waals surface area contributed by atoms with Crippen molar-refractivity contribution in [2.75, 3.05) is 13.7 Å². The van der Waals surface area contributed by atoms with Crippen molar-refractivity contribution in [1.82, 2.24) is 5.32 Å². The summed E-state index contributed by atoms with van der Waals surface area (Å²) in [5.41, 5.74) is 0. The van der Waals surface area contributed by atoms with Crippen molar-refractivity contribution < 1.29 is 14.3 Å². The zero-order chi connectivity index (χ0) is 14.1. The Morgan fingerprint density at radius 1 is 1.20 bits per heavy atom. The lowest BCUT2D eigenvalue weighted by Crippen LogP contribution is -2.24. The van der Waals surface area contributed by atoms with Crippen LogP contribution in [0.15, 0.2) is 30.3 Å². The first-order valence-corrected chi connectivity index (χ1v) is 7.61. The molecule has 0 aliphatic carbocycles. The molecule has 1 aromatic carbocycles. The van der Waals surface area contributed by atoms with E-state index in [1.807, 2.05) is 24.3 Å². The monoisotopic (exact) mass is 305 g/mol. The summed E-state index contributed by atoms with van der Waals surface area (Å²) < 4.78 is 8.33. The van der Waals surface area contributed by atoms with Gasteiger partial charge in [-0.2, -0.15) is 0 Å². The molecule has 3 aromatic rings. The summed E-state index contributed by atoms with van der Waals surface area (Å²) in [6, 6.07) is 9.93. The van der Waals surface area contributed by atoms with Gasteiger partial charge in [0.05, 0.1) is 4.70 Å². The minimum Gasteiger partial charge on any atom is -0.451 e. The van der Waals surface area contributed by atoms with Crippen molar-refractivity contribution in [1.29, 1.82) is 0 Å². The minimum absolute atomic E-state index is 0.248. The predicted octanol–water partition coefficient (Wildman–Crippen LogP) is 3.02. The third-order valence-electron chi connectivity index (χ3n) is 2.86. The predicted molar refractivity (Wildman–Crippen MR) is 81.6 cm³/mol. The van der Waals surface area contributed by atoms with Crippen LogP contribution in [-0.4, -0.2) is 25.5 Å². The standard InChI is InChI=1S/C14H11NO3S2/c1-15-12(16)7-18-14(17)11-6-10-13(20-11)8-4-2-3-5-9(8)19-10/h2-6H,7H2,1H3,(H,15,16). The molecule has 4 nitrogen and oxygen atoms in total. The molecule has 2 heterocycles. The molecule has 1 amide bonds. The van der Waals surface area contributed by atoms with E-state index in [0.717, 1.165) is 14.8 Å². The largest absolute Gasteiger partial charge is 0.451 e. The van der Waals surface area contributed by atoms with Crippen molar-refractivity contribution in [3.63, 3.8) is 0 Å². The maximum atomic E-state index is 11.9. The van der Waals surface area contributed by atoms with Crippen LogP contribution in [0.25, 0.3) is 19.5 Å². The van der Waals surface area contributed by atoms with Gasteiger partial charge in [0, 0.05) is 21.8 Å². The number of esters is 1. The number of fused-ring (bicyclic) bond motifs is 3. The second-order valence-corrected chi connectivity index (χ2v) is 6.29. The highest BCUT2D eigenvalue weighted by molar-refractivity contribution is 7.33. The number of ether oxygens (including phenoxy) is 1. The number of carbonyl (C=O) groups excluding carboxylic acids is 2. The average molecular weight is 305 g/mol. The molecule has 2 aromatic heterocycles. The van der Waals surface area contributed by atoms with Gasteiger partial charge in [0.15, 0.2) is 6.61 Å². The molecule has 0 bridgehead atoms. The summed E-state index contributed by atoms with van der Waals surface area (Å²) in [5.74, 6) is -0.770. The Bertz CT molecular complexity index is 803. The highest BCUT2D eigenvalue weighted by atomic mass is 32.1. The van der Waals surface area contributed by atoms with Crippen LogP contribution in [0.3, 0.4) is 0 Å². The Balaban J connectivity index is 1.89. The van der Waals surface area contributed by atoms with Crippen LogP contribution in [0.2, 0.25) is 0 Å². The summed E-state index contributed by atoms with van der Waals surface area (Å²) in [6.07, 6.45) is 0. The maximum absolute atomic E-state index is 11.9. The first kappa shape index (κ1) is 13.1. The maximum Gasteiger partial charge on any atom is 0.348 e. The van der Waals surface area contributed by atoms with Crippen LogP contribution in [0, 0.1) is 0 Å². The van der Waals surface area contributed by atoms with E-state index < -0.39 is 5.97 Å². The van der Waals surface area contributed by atoms with Gasteiger partial charge in [-0.15, -0.1) is 22.7 Å². The molecule has 6 heteroatoms. The van der Waals surface area contributed by atoms with E-state index in [2.05, 4.69) is 11.4 Å². The number of hydrogen-bond acceptors (Lipinski definition) is 5. The van der Waals surface area contributed by atoms with Crippen molar-refractivity contribution in [2.24, 2.45) is 0 Å². The van der Waals surface area contributed by atoms with Gasteiger partial charge in [0.2, 0.25) is 0 Å². The quantitative estimate of drug-likeness (QED) is 0.757. The molecule has 1 N–H and O–H groups in total. The molecule has 0 aliphatic heterocycles. The molecule has 102 valence electrons. The van der Waals surface area contributed by atoms with E-state index in [1.165, 1.54) is 23.1 Å². The lowest BCUT2D eigenvalue weighted by Gasteiger charge is -2.01. The fraction of sp³-hybridized carbons (Fsp3) is 0.143. The Morgan fingerprint density at radius 2 is 2.00 bits per heavy atom. The van der Waals surface area contributed by atoms with Crippen LogP contribution in [0.1, 0.15) is 9.67 Å². The summed E-state index contributed by atoms with van der Waals surface area (Å²) in [4.78, 5) is 23.5. The van der Waals surface area contributed by atoms with Crippen LogP contribution >= 0.6 is 22.7 Å². The normalized spacial score (nSPS) is 10.8. The van der Waals surface area contributed by atoms with Crippen LogP contribution in [0.4, 0.5) is 0 Å². The molecule has 20 heavy (non-hydrogen) atoms. The second kappa shape index (κ2) is 5.22. The van der Waals surface area contributed by atoms with Gasteiger partial charge in [-0.3, -0.25) is 4.79 Å². The first-order chi connectivity index (χ1) is 9.69. The molecule has 3 rings (SSSR count). The molecule has 0 saturated carbocycles. The number of hydrogen-bond donors (Lipinski definition) is 1. The molecular formula is C14H11NO3S2. The van der Waals surface area contributed by atoms with Crippen LogP contribution in [0.5, 0.6) is 0 Å². The number of amides is 1. The topological polar surface area (TPSA) is 55.4 Å². The van der Waals surface area contributed by atoms with Gasteiger partial charge in [-0.05, 0) is 12.1 Å². The fourth-order valence-electron chi connectivity index (χ4n) is 1.87. The van der Waals surface area contributed by atoms with Gasteiger partial charge < -0.3 is 10.1 Å². The number of thiophene rings is 2. The number of likely N-dealkylation sites (N-methyl/N-ethyl adjacent to an activating group) is 1. The Hall–Kier alpha value is -1.92. The summed E-state index contributed by atoms with van der Waals surface area (Å²) in [5, 5.41) is 3.56. The highest BCUT2D eigenvalue weighted by Gasteiger charge is 2.16. The molecular weight excluding hydrogens is 294 g/mol. The summed E-state index contributed by atoms with van der Waals surface area (Å²) in [6.45, 7) is -0.248. The van der Waals surface area contributed by atoms with Gasteiger partial charge in [-0.25, -0.2) is 4.79 Å². The van der Waals surface area contributed by atoms with E-state index in [0.29, 0.717) is 4.88 Å². The van der Waals surface area contributed by atoms with Gasteiger partial charge in [-0.1, -0.05) is 18.2 Å². The van der Waals surface area contributed by atoms with E-state index in [1.54, 1.807) is 11.3 Å². The smallest absolute Gasteiger partial charge is 0.348 e. The van der Waals surface area contributed by atoms with Crippen molar-refractivity contribution >= 4 is 54.0 Å². The second-order valence-electron chi connectivity index (χ2n) is 4.15. The summed E-state index contributed by atoms with van der Waals surface area (Å²) >= 11 is 3.06. The van der Waals surface area contributed by atoms with Crippen molar-refractivity contribution in [3.8, 4) is 0 Å². The van der Waals surface area contributed by atoms with Crippen LogP contribution in [-0.2, 0) is 9.53 Å². The first-order valence-electron chi connectivity index (χ1n) is 5.98. The van der Waals surface area contributed by atoms with Gasteiger partial charge in [0.1, 0.15) is 4.88 Å². The number of benzene rings is 1. The van der Waals surface area contributed by atoms with E-state index in [4.69, 9.17) is 4.74 Å². The SMILES string of the molecule is CNC(=O)COC(=O)c1cc2sc3ccccc3c2s1. The number of rotatable bonds is 3. The minimum atomic E-state index is -0.453. The molecule has 0 fully saturated rings. The lowest BCUT2D eigenvalue weighted by atomic mass is 10.2. The third kappa shape index (κ3) is 2.28. The van der Waals surface area contributed by atoms with E-state index in [9.17, 15) is 9.59 Å². The molecule has 0 aliphatic rings. The Kier molecular flexibility index (Phi) is 3.42. The molecule has 0 spiro atoms. The van der Waals surface area contributed by atoms with E-state index in [-0.39, 0.29) is 12.5 Å². The molecule has 0 atom stereocenters. The fourth-order valence-corrected chi connectivity index (χ4v) is 4.29. The lowest BCUT2D eigenvalue weighted by molar-refractivity contribution is -0.123. The Labute approximate surface area is 123 Å². The molecule has 0 radical (unpaired) electrons. The van der Waals surface area contributed by atoms with E-state index >= 15 is 0 Å². The average Bonchev–Trinajstić information content (AvgIpc) is 3.01. The van der Waals surface area contributed by atoms with Crippen molar-refractivity contribution in [2.45, 2.75) is 0 Å². The zero-order valence-corrected chi connectivity index (χ0v) is 12.3. The number of carbonyl (C=O) groups is 2. The number of nitrogens with one attached hydrogen (secondary N) is 1. The van der Waals surface area contributed by atoms with Gasteiger partial charge in [0.25, 0.3) is 5.91 Å². The Morgan fingerprint density at radius 3 is 2.80 bits per heavy atom. The highest BCUT2D eigenvalue weighted by Crippen LogP contribution is 2.39. The molecule has 0 unspecified atom stereocenters. The molecule has 0 saturated heterocycles.